The maximum atomic E-state index is 5.95. The summed E-state index contributed by atoms with van der Waals surface area (Å²) in [4.78, 5) is 4.40. The first-order valence-electron chi connectivity index (χ1n) is 5.07. The summed E-state index contributed by atoms with van der Waals surface area (Å²) in [6.07, 6.45) is 1.15. The Morgan fingerprint density at radius 3 is 3.06 bits per heavy atom. The summed E-state index contributed by atoms with van der Waals surface area (Å²) in [6, 6.07) is 5.61. The lowest BCUT2D eigenvalue weighted by molar-refractivity contribution is 0.415. The molecular formula is C11H13ClN2OS. The Labute approximate surface area is 104 Å². The number of benzene rings is 1. The average Bonchev–Trinajstić information content (AvgIpc) is 2.33. The first kappa shape index (κ1) is 11.6. The summed E-state index contributed by atoms with van der Waals surface area (Å²) < 4.78 is 5.16. The van der Waals surface area contributed by atoms with E-state index >= 15 is 0 Å². The Bertz CT molecular complexity index is 409. The number of hydrogen-bond acceptors (Lipinski definition) is 4. The van der Waals surface area contributed by atoms with E-state index in [1.807, 2.05) is 18.2 Å². The number of rotatable bonds is 2. The van der Waals surface area contributed by atoms with Crippen LogP contribution in [0.1, 0.15) is 6.42 Å². The van der Waals surface area contributed by atoms with Crippen molar-refractivity contribution in [3.05, 3.63) is 23.2 Å². The number of ether oxygens (including phenoxy) is 1. The van der Waals surface area contributed by atoms with Crippen LogP contribution in [0.5, 0.6) is 5.75 Å². The van der Waals surface area contributed by atoms with Crippen molar-refractivity contribution >= 4 is 34.2 Å². The predicted octanol–water partition coefficient (Wildman–Crippen LogP) is 3.25. The fourth-order valence-corrected chi connectivity index (χ4v) is 2.43. The van der Waals surface area contributed by atoms with Crippen molar-refractivity contribution in [2.75, 3.05) is 24.7 Å². The van der Waals surface area contributed by atoms with Crippen LogP contribution in [-0.4, -0.2) is 24.6 Å². The van der Waals surface area contributed by atoms with Crippen LogP contribution < -0.4 is 10.1 Å². The average molecular weight is 257 g/mol. The molecule has 0 aromatic heterocycles. The zero-order valence-corrected chi connectivity index (χ0v) is 10.6. The van der Waals surface area contributed by atoms with Gasteiger partial charge in [-0.05, 0) is 18.6 Å². The van der Waals surface area contributed by atoms with Gasteiger partial charge in [0.2, 0.25) is 0 Å². The predicted molar refractivity (Wildman–Crippen MR) is 71.0 cm³/mol. The molecule has 1 N–H and O–H groups in total. The van der Waals surface area contributed by atoms with Gasteiger partial charge in [-0.2, -0.15) is 0 Å². The van der Waals surface area contributed by atoms with Crippen LogP contribution in [0.25, 0.3) is 0 Å². The van der Waals surface area contributed by atoms with Crippen LogP contribution >= 0.6 is 23.4 Å². The highest BCUT2D eigenvalue weighted by Gasteiger charge is 2.07. The van der Waals surface area contributed by atoms with E-state index in [1.54, 1.807) is 18.9 Å². The Morgan fingerprint density at radius 1 is 1.50 bits per heavy atom. The van der Waals surface area contributed by atoms with Gasteiger partial charge in [-0.1, -0.05) is 23.4 Å². The summed E-state index contributed by atoms with van der Waals surface area (Å²) in [5, 5.41) is 4.84. The second-order valence-electron chi connectivity index (χ2n) is 3.36. The van der Waals surface area contributed by atoms with Gasteiger partial charge in [-0.15, -0.1) is 0 Å². The number of anilines is 1. The van der Waals surface area contributed by atoms with Gasteiger partial charge >= 0.3 is 0 Å². The zero-order chi connectivity index (χ0) is 11.4. The lowest BCUT2D eigenvalue weighted by atomic mass is 10.3. The Hall–Kier alpha value is -0.870. The molecule has 1 aliphatic heterocycles. The molecule has 16 heavy (non-hydrogen) atoms. The van der Waals surface area contributed by atoms with E-state index < -0.39 is 0 Å². The van der Waals surface area contributed by atoms with Crippen molar-refractivity contribution in [3.8, 4) is 5.75 Å². The van der Waals surface area contributed by atoms with E-state index in [4.69, 9.17) is 16.3 Å². The molecule has 0 atom stereocenters. The molecule has 0 saturated heterocycles. The van der Waals surface area contributed by atoms with Gasteiger partial charge in [0.15, 0.2) is 5.17 Å². The van der Waals surface area contributed by atoms with Crippen molar-refractivity contribution in [2.24, 2.45) is 4.99 Å². The smallest absolute Gasteiger partial charge is 0.161 e. The third-order valence-electron chi connectivity index (χ3n) is 2.20. The van der Waals surface area contributed by atoms with Crippen molar-refractivity contribution < 1.29 is 4.74 Å². The van der Waals surface area contributed by atoms with Crippen LogP contribution in [0.15, 0.2) is 23.2 Å². The molecule has 0 fully saturated rings. The number of aliphatic imine (C=N–C) groups is 1. The largest absolute Gasteiger partial charge is 0.495 e. The standard InChI is InChI=1S/C11H13ClN2OS/c1-15-10-7-8(3-4-9(10)12)14-11-13-5-2-6-16-11/h3-4,7H,2,5-6H2,1H3,(H,13,14). The second kappa shape index (κ2) is 5.46. The van der Waals surface area contributed by atoms with Crippen LogP contribution in [0.3, 0.4) is 0 Å². The first-order chi connectivity index (χ1) is 7.79. The first-order valence-corrected chi connectivity index (χ1v) is 6.44. The van der Waals surface area contributed by atoms with Gasteiger partial charge in [0, 0.05) is 24.1 Å². The summed E-state index contributed by atoms with van der Waals surface area (Å²) >= 11 is 7.69. The lowest BCUT2D eigenvalue weighted by Gasteiger charge is -2.14. The van der Waals surface area contributed by atoms with Gasteiger partial charge in [0.05, 0.1) is 12.1 Å². The highest BCUT2D eigenvalue weighted by molar-refractivity contribution is 8.14. The van der Waals surface area contributed by atoms with Crippen molar-refractivity contribution in [1.82, 2.24) is 0 Å². The number of amidine groups is 1. The van der Waals surface area contributed by atoms with E-state index in [-0.39, 0.29) is 0 Å². The fraction of sp³-hybridized carbons (Fsp3) is 0.364. The molecule has 0 radical (unpaired) electrons. The molecule has 2 rings (SSSR count). The van der Waals surface area contributed by atoms with Crippen LogP contribution in [-0.2, 0) is 0 Å². The highest BCUT2D eigenvalue weighted by atomic mass is 35.5. The molecule has 1 aromatic carbocycles. The minimum atomic E-state index is 0.617. The van der Waals surface area contributed by atoms with Gasteiger partial charge in [0.1, 0.15) is 5.75 Å². The molecule has 3 nitrogen and oxygen atoms in total. The maximum Gasteiger partial charge on any atom is 0.161 e. The summed E-state index contributed by atoms with van der Waals surface area (Å²) in [7, 11) is 1.61. The van der Waals surface area contributed by atoms with Crippen LogP contribution in [0, 0.1) is 0 Å². The van der Waals surface area contributed by atoms with Crippen molar-refractivity contribution in [3.63, 3.8) is 0 Å². The molecule has 0 unspecified atom stereocenters. The summed E-state index contributed by atoms with van der Waals surface area (Å²) in [5.41, 5.74) is 0.953. The van der Waals surface area contributed by atoms with E-state index in [0.29, 0.717) is 10.8 Å². The minimum absolute atomic E-state index is 0.617. The second-order valence-corrected chi connectivity index (χ2v) is 4.85. The monoisotopic (exact) mass is 256 g/mol. The molecule has 5 heteroatoms. The molecule has 1 aromatic rings. The Morgan fingerprint density at radius 2 is 2.38 bits per heavy atom. The minimum Gasteiger partial charge on any atom is -0.495 e. The van der Waals surface area contributed by atoms with Crippen LogP contribution in [0.2, 0.25) is 5.02 Å². The third kappa shape index (κ3) is 2.83. The SMILES string of the molecule is COc1cc(NC2=NCCCS2)ccc1Cl. The number of nitrogens with zero attached hydrogens (tertiary/aromatic N) is 1. The molecule has 0 bridgehead atoms. The van der Waals surface area contributed by atoms with Gasteiger partial charge in [-0.25, -0.2) is 0 Å². The molecule has 1 heterocycles. The quantitative estimate of drug-likeness (QED) is 0.882. The van der Waals surface area contributed by atoms with E-state index in [2.05, 4.69) is 10.3 Å². The molecular weight excluding hydrogens is 244 g/mol. The Kier molecular flexibility index (Phi) is 3.96. The number of methoxy groups -OCH3 is 1. The molecule has 0 amide bonds. The topological polar surface area (TPSA) is 33.6 Å². The number of nitrogens with one attached hydrogen (secondary N) is 1. The van der Waals surface area contributed by atoms with Gasteiger partial charge in [0.25, 0.3) is 0 Å². The zero-order valence-electron chi connectivity index (χ0n) is 9.00. The highest BCUT2D eigenvalue weighted by Crippen LogP contribution is 2.28. The Balaban J connectivity index is 2.12. The molecule has 1 aliphatic rings. The molecule has 86 valence electrons. The molecule has 0 spiro atoms. The molecule has 0 saturated carbocycles. The lowest BCUT2D eigenvalue weighted by Crippen LogP contribution is -2.13. The van der Waals surface area contributed by atoms with Crippen LogP contribution in [0.4, 0.5) is 5.69 Å². The van der Waals surface area contributed by atoms with E-state index in [0.717, 1.165) is 29.6 Å². The fourth-order valence-electron chi connectivity index (χ4n) is 1.40. The molecule has 0 aliphatic carbocycles. The number of hydrogen-bond donors (Lipinski definition) is 1. The van der Waals surface area contributed by atoms with Crippen molar-refractivity contribution in [2.45, 2.75) is 6.42 Å². The third-order valence-corrected chi connectivity index (χ3v) is 3.51. The number of halogens is 1. The summed E-state index contributed by atoms with van der Waals surface area (Å²) in [5.74, 6) is 1.80. The van der Waals surface area contributed by atoms with Gasteiger partial charge in [-0.3, -0.25) is 4.99 Å². The van der Waals surface area contributed by atoms with E-state index in [9.17, 15) is 0 Å². The normalized spacial score (nSPS) is 15.5. The van der Waals surface area contributed by atoms with Crippen molar-refractivity contribution in [1.29, 1.82) is 0 Å². The van der Waals surface area contributed by atoms with Gasteiger partial charge < -0.3 is 10.1 Å². The maximum absolute atomic E-state index is 5.95. The summed E-state index contributed by atoms with van der Waals surface area (Å²) in [6.45, 7) is 0.903. The van der Waals surface area contributed by atoms with E-state index in [1.165, 1.54) is 0 Å². The number of thioether (sulfide) groups is 1.